The molecule has 0 saturated heterocycles. The summed E-state index contributed by atoms with van der Waals surface area (Å²) >= 11 is 0. The largest absolute Gasteiger partial charge is 0.330 e. The van der Waals surface area contributed by atoms with Gasteiger partial charge in [0.05, 0.1) is 0 Å². The smallest absolute Gasteiger partial charge is 0.115 e. The van der Waals surface area contributed by atoms with E-state index in [1.54, 1.807) is 6.33 Å². The van der Waals surface area contributed by atoms with Gasteiger partial charge in [-0.05, 0) is 31.4 Å². The van der Waals surface area contributed by atoms with Crippen molar-refractivity contribution in [1.29, 1.82) is 0 Å². The summed E-state index contributed by atoms with van der Waals surface area (Å²) in [6.45, 7) is 0.846. The quantitative estimate of drug-likeness (QED) is 0.634. The Hall–Kier alpha value is -0.960. The van der Waals surface area contributed by atoms with Crippen LogP contribution >= 0.6 is 0 Å². The average molecular weight is 235 g/mol. The molecular weight excluding hydrogens is 210 g/mol. The highest BCUT2D eigenvalue weighted by Crippen LogP contribution is 2.10. The highest BCUT2D eigenvalue weighted by atomic mass is 14.8. The monoisotopic (exact) mass is 235 g/mol. The van der Waals surface area contributed by atoms with E-state index < -0.39 is 0 Å². The van der Waals surface area contributed by atoms with Crippen molar-refractivity contribution < 1.29 is 0 Å². The lowest BCUT2D eigenvalue weighted by molar-refractivity contribution is 0.569. The Morgan fingerprint density at radius 2 is 1.29 bits per heavy atom. The van der Waals surface area contributed by atoms with Crippen LogP contribution in [0.3, 0.4) is 0 Å². The van der Waals surface area contributed by atoms with Crippen LogP contribution in [-0.4, -0.2) is 16.5 Å². The van der Waals surface area contributed by atoms with Gasteiger partial charge in [0.2, 0.25) is 0 Å². The molecule has 0 aliphatic carbocycles. The summed E-state index contributed by atoms with van der Waals surface area (Å²) < 4.78 is 0. The summed E-state index contributed by atoms with van der Waals surface area (Å²) in [4.78, 5) is 8.04. The van der Waals surface area contributed by atoms with Crippen LogP contribution in [0, 0.1) is 0 Å². The van der Waals surface area contributed by atoms with Gasteiger partial charge < -0.3 is 5.73 Å². The highest BCUT2D eigenvalue weighted by Gasteiger charge is 1.94. The summed E-state index contributed by atoms with van der Waals surface area (Å²) in [7, 11) is 0. The lowest BCUT2D eigenvalue weighted by Crippen LogP contribution is -1.97. The van der Waals surface area contributed by atoms with Crippen LogP contribution in [0.15, 0.2) is 18.7 Å². The Kier molecular flexibility index (Phi) is 8.47. The third kappa shape index (κ3) is 7.86. The van der Waals surface area contributed by atoms with Gasteiger partial charge in [-0.2, -0.15) is 0 Å². The molecule has 1 aromatic rings. The van der Waals surface area contributed by atoms with Crippen LogP contribution in [0.25, 0.3) is 0 Å². The first-order valence-electron chi connectivity index (χ1n) is 6.87. The molecule has 0 unspecified atom stereocenters. The molecular formula is C14H25N3. The standard InChI is InChI=1S/C14H25N3/c15-10-8-6-4-2-1-3-5-7-9-14-11-16-13-17-12-14/h11-13H,1-10,15H2. The molecule has 3 heteroatoms. The number of aryl methyl sites for hydroxylation is 1. The number of hydrogen-bond donors (Lipinski definition) is 1. The fraction of sp³-hybridized carbons (Fsp3) is 0.714. The zero-order chi connectivity index (χ0) is 12.2. The second-order valence-electron chi connectivity index (χ2n) is 4.61. The van der Waals surface area contributed by atoms with Crippen LogP contribution in [0.4, 0.5) is 0 Å². The van der Waals surface area contributed by atoms with Gasteiger partial charge >= 0.3 is 0 Å². The van der Waals surface area contributed by atoms with E-state index in [1.165, 1.54) is 56.9 Å². The van der Waals surface area contributed by atoms with Crippen molar-refractivity contribution in [3.8, 4) is 0 Å². The second-order valence-corrected chi connectivity index (χ2v) is 4.61. The first kappa shape index (κ1) is 14.1. The maximum atomic E-state index is 5.45. The fourth-order valence-electron chi connectivity index (χ4n) is 1.99. The topological polar surface area (TPSA) is 51.8 Å². The minimum atomic E-state index is 0.846. The molecule has 0 fully saturated rings. The second kappa shape index (κ2) is 10.2. The van der Waals surface area contributed by atoms with Gasteiger partial charge in [-0.25, -0.2) is 9.97 Å². The van der Waals surface area contributed by atoms with E-state index in [-0.39, 0.29) is 0 Å². The summed E-state index contributed by atoms with van der Waals surface area (Å²) in [5.74, 6) is 0. The minimum Gasteiger partial charge on any atom is -0.330 e. The summed E-state index contributed by atoms with van der Waals surface area (Å²) in [5, 5.41) is 0. The zero-order valence-corrected chi connectivity index (χ0v) is 10.8. The SMILES string of the molecule is NCCCCCCCCCCc1cncnc1. The molecule has 0 saturated carbocycles. The summed E-state index contributed by atoms with van der Waals surface area (Å²) in [6, 6.07) is 0. The van der Waals surface area contributed by atoms with Crippen molar-refractivity contribution in [2.24, 2.45) is 5.73 Å². The average Bonchev–Trinajstić information content (AvgIpc) is 2.38. The molecule has 0 bridgehead atoms. The molecule has 3 nitrogen and oxygen atoms in total. The summed E-state index contributed by atoms with van der Waals surface area (Å²) in [6.07, 6.45) is 17.1. The number of rotatable bonds is 10. The maximum absolute atomic E-state index is 5.45. The maximum Gasteiger partial charge on any atom is 0.115 e. The van der Waals surface area contributed by atoms with Crippen molar-refractivity contribution in [2.45, 2.75) is 57.8 Å². The van der Waals surface area contributed by atoms with Gasteiger partial charge in [0.25, 0.3) is 0 Å². The lowest BCUT2D eigenvalue weighted by atomic mass is 10.1. The van der Waals surface area contributed by atoms with Crippen LogP contribution in [-0.2, 0) is 6.42 Å². The van der Waals surface area contributed by atoms with Crippen molar-refractivity contribution in [1.82, 2.24) is 9.97 Å². The van der Waals surface area contributed by atoms with Gasteiger partial charge in [-0.15, -0.1) is 0 Å². The van der Waals surface area contributed by atoms with E-state index in [4.69, 9.17) is 5.73 Å². The molecule has 0 atom stereocenters. The number of unbranched alkanes of at least 4 members (excludes halogenated alkanes) is 7. The molecule has 0 radical (unpaired) electrons. The third-order valence-corrected chi connectivity index (χ3v) is 3.03. The Balaban J connectivity index is 1.85. The zero-order valence-electron chi connectivity index (χ0n) is 10.8. The Bertz CT molecular complexity index is 261. The molecule has 1 heterocycles. The lowest BCUT2D eigenvalue weighted by Gasteiger charge is -2.02. The Morgan fingerprint density at radius 3 is 1.88 bits per heavy atom. The molecule has 2 N–H and O–H groups in total. The molecule has 1 aromatic heterocycles. The Labute approximate surface area is 105 Å². The van der Waals surface area contributed by atoms with Crippen LogP contribution < -0.4 is 5.73 Å². The predicted octanol–water partition coefficient (Wildman–Crippen LogP) is 3.10. The summed E-state index contributed by atoms with van der Waals surface area (Å²) in [5.41, 5.74) is 6.71. The minimum absolute atomic E-state index is 0.846. The van der Waals surface area contributed by atoms with Crippen LogP contribution in [0.5, 0.6) is 0 Å². The van der Waals surface area contributed by atoms with E-state index in [1.807, 2.05) is 12.4 Å². The molecule has 17 heavy (non-hydrogen) atoms. The van der Waals surface area contributed by atoms with E-state index in [0.717, 1.165) is 13.0 Å². The number of hydrogen-bond acceptors (Lipinski definition) is 3. The van der Waals surface area contributed by atoms with E-state index >= 15 is 0 Å². The third-order valence-electron chi connectivity index (χ3n) is 3.03. The number of nitrogens with zero attached hydrogens (tertiary/aromatic N) is 2. The molecule has 1 rings (SSSR count). The van der Waals surface area contributed by atoms with Crippen LogP contribution in [0.2, 0.25) is 0 Å². The van der Waals surface area contributed by atoms with Crippen molar-refractivity contribution in [3.05, 3.63) is 24.3 Å². The predicted molar refractivity (Wildman–Crippen MR) is 71.7 cm³/mol. The van der Waals surface area contributed by atoms with E-state index in [2.05, 4.69) is 9.97 Å². The van der Waals surface area contributed by atoms with E-state index in [0.29, 0.717) is 0 Å². The molecule has 0 spiro atoms. The van der Waals surface area contributed by atoms with Gasteiger partial charge in [0.1, 0.15) is 6.33 Å². The Morgan fingerprint density at radius 1 is 0.765 bits per heavy atom. The van der Waals surface area contributed by atoms with Gasteiger partial charge in [0, 0.05) is 12.4 Å². The molecule has 0 aliphatic rings. The highest BCUT2D eigenvalue weighted by molar-refractivity contribution is 5.01. The van der Waals surface area contributed by atoms with Crippen molar-refractivity contribution in [2.75, 3.05) is 6.54 Å². The first-order chi connectivity index (χ1) is 8.43. The van der Waals surface area contributed by atoms with Crippen LogP contribution in [0.1, 0.15) is 56.9 Å². The molecule has 0 aromatic carbocycles. The first-order valence-corrected chi connectivity index (χ1v) is 6.87. The number of aromatic nitrogens is 2. The van der Waals surface area contributed by atoms with Gasteiger partial charge in [-0.3, -0.25) is 0 Å². The normalized spacial score (nSPS) is 10.6. The fourth-order valence-corrected chi connectivity index (χ4v) is 1.99. The van der Waals surface area contributed by atoms with Gasteiger partial charge in [-0.1, -0.05) is 38.5 Å². The number of nitrogens with two attached hydrogens (primary N) is 1. The molecule has 0 aliphatic heterocycles. The molecule has 96 valence electrons. The van der Waals surface area contributed by atoms with Crippen molar-refractivity contribution in [3.63, 3.8) is 0 Å². The van der Waals surface area contributed by atoms with Crippen molar-refractivity contribution >= 4 is 0 Å². The molecule has 0 amide bonds. The van der Waals surface area contributed by atoms with Gasteiger partial charge in [0.15, 0.2) is 0 Å². The van der Waals surface area contributed by atoms with E-state index in [9.17, 15) is 0 Å².